The highest BCUT2D eigenvalue weighted by Crippen LogP contribution is 2.12. The third kappa shape index (κ3) is 11.5. The molecule has 1 atom stereocenters. The first-order valence-corrected chi connectivity index (χ1v) is 8.07. The van der Waals surface area contributed by atoms with E-state index in [1.807, 2.05) is 0 Å². The zero-order valence-electron chi connectivity index (χ0n) is 13.7. The SMILES string of the molecule is CCOC(=O)[C@H](CSC(=O)CCC(=O)O)NC(=O)OC(C)(C)C. The molecule has 0 aromatic carbocycles. The summed E-state index contributed by atoms with van der Waals surface area (Å²) < 4.78 is 9.89. The minimum atomic E-state index is -1.08. The van der Waals surface area contributed by atoms with Crippen molar-refractivity contribution in [3.05, 3.63) is 0 Å². The Kier molecular flexibility index (Phi) is 9.31. The monoisotopic (exact) mass is 349 g/mol. The number of hydrogen-bond acceptors (Lipinski definition) is 7. The van der Waals surface area contributed by atoms with Crippen LogP contribution in [-0.4, -0.2) is 52.3 Å². The molecule has 0 aliphatic carbocycles. The second-order valence-corrected chi connectivity index (χ2v) is 6.60. The van der Waals surface area contributed by atoms with Crippen molar-refractivity contribution >= 4 is 34.9 Å². The Bertz CT molecular complexity index is 445. The van der Waals surface area contributed by atoms with Gasteiger partial charge in [0.1, 0.15) is 11.6 Å². The van der Waals surface area contributed by atoms with Gasteiger partial charge in [0.05, 0.1) is 13.0 Å². The molecule has 2 N–H and O–H groups in total. The van der Waals surface area contributed by atoms with Crippen molar-refractivity contribution in [2.24, 2.45) is 0 Å². The maximum absolute atomic E-state index is 11.8. The molecule has 0 bridgehead atoms. The number of carboxylic acid groups (broad SMARTS) is 1. The number of ether oxygens (including phenoxy) is 2. The van der Waals surface area contributed by atoms with Crippen molar-refractivity contribution in [1.82, 2.24) is 5.32 Å². The van der Waals surface area contributed by atoms with Gasteiger partial charge in [-0.3, -0.25) is 9.59 Å². The Morgan fingerprint density at radius 3 is 2.26 bits per heavy atom. The van der Waals surface area contributed by atoms with E-state index in [4.69, 9.17) is 14.6 Å². The highest BCUT2D eigenvalue weighted by atomic mass is 32.2. The number of aliphatic carboxylic acids is 1. The van der Waals surface area contributed by atoms with Gasteiger partial charge < -0.3 is 19.9 Å². The number of rotatable bonds is 8. The number of amides is 1. The number of thioether (sulfide) groups is 1. The highest BCUT2D eigenvalue weighted by Gasteiger charge is 2.26. The molecule has 23 heavy (non-hydrogen) atoms. The number of nitrogens with one attached hydrogen (secondary N) is 1. The molecule has 0 rings (SSSR count). The summed E-state index contributed by atoms with van der Waals surface area (Å²) in [4.78, 5) is 45.5. The molecule has 1 amide bonds. The van der Waals surface area contributed by atoms with Gasteiger partial charge >= 0.3 is 18.0 Å². The minimum Gasteiger partial charge on any atom is -0.481 e. The summed E-state index contributed by atoms with van der Waals surface area (Å²) in [5, 5.41) is 10.5. The van der Waals surface area contributed by atoms with E-state index in [9.17, 15) is 19.2 Å². The van der Waals surface area contributed by atoms with Gasteiger partial charge in [0, 0.05) is 12.2 Å². The van der Waals surface area contributed by atoms with Crippen LogP contribution in [0.15, 0.2) is 0 Å². The third-order valence-electron chi connectivity index (χ3n) is 2.22. The molecule has 0 heterocycles. The predicted molar refractivity (Wildman–Crippen MR) is 84.1 cm³/mol. The fraction of sp³-hybridized carbons (Fsp3) is 0.714. The highest BCUT2D eigenvalue weighted by molar-refractivity contribution is 8.13. The van der Waals surface area contributed by atoms with Crippen LogP contribution in [0.3, 0.4) is 0 Å². The molecule has 0 aliphatic heterocycles. The van der Waals surface area contributed by atoms with Crippen LogP contribution in [0.25, 0.3) is 0 Å². The summed E-state index contributed by atoms with van der Waals surface area (Å²) >= 11 is 0.767. The van der Waals surface area contributed by atoms with Crippen LogP contribution >= 0.6 is 11.8 Å². The van der Waals surface area contributed by atoms with Crippen molar-refractivity contribution in [1.29, 1.82) is 0 Å². The fourth-order valence-electron chi connectivity index (χ4n) is 1.32. The Balaban J connectivity index is 4.57. The topological polar surface area (TPSA) is 119 Å². The predicted octanol–water partition coefficient (Wildman–Crippen LogP) is 1.57. The van der Waals surface area contributed by atoms with Gasteiger partial charge in [0.25, 0.3) is 0 Å². The molecule has 0 aliphatic rings. The van der Waals surface area contributed by atoms with Crippen LogP contribution in [0, 0.1) is 0 Å². The van der Waals surface area contributed by atoms with Gasteiger partial charge in [-0.25, -0.2) is 9.59 Å². The zero-order chi connectivity index (χ0) is 18.0. The van der Waals surface area contributed by atoms with E-state index >= 15 is 0 Å². The summed E-state index contributed by atoms with van der Waals surface area (Å²) in [6.07, 6.45) is -1.23. The molecule has 0 unspecified atom stereocenters. The second kappa shape index (κ2) is 10.1. The quantitative estimate of drug-likeness (QED) is 0.634. The van der Waals surface area contributed by atoms with Crippen LogP contribution in [0.2, 0.25) is 0 Å². The molecule has 0 saturated carbocycles. The lowest BCUT2D eigenvalue weighted by Crippen LogP contribution is -2.46. The summed E-state index contributed by atoms with van der Waals surface area (Å²) in [7, 11) is 0. The van der Waals surface area contributed by atoms with E-state index in [-0.39, 0.29) is 30.3 Å². The summed E-state index contributed by atoms with van der Waals surface area (Å²) in [5.41, 5.74) is -0.728. The molecule has 0 radical (unpaired) electrons. The molecule has 0 saturated heterocycles. The molecule has 9 heteroatoms. The Hall–Kier alpha value is -1.77. The minimum absolute atomic E-state index is 0.0590. The van der Waals surface area contributed by atoms with Crippen molar-refractivity contribution in [3.8, 4) is 0 Å². The number of carbonyl (C=O) groups excluding carboxylic acids is 3. The maximum Gasteiger partial charge on any atom is 0.408 e. The van der Waals surface area contributed by atoms with Gasteiger partial charge in [0.2, 0.25) is 0 Å². The van der Waals surface area contributed by atoms with Crippen LogP contribution in [0.4, 0.5) is 4.79 Å². The third-order valence-corrected chi connectivity index (χ3v) is 3.24. The zero-order valence-corrected chi connectivity index (χ0v) is 14.5. The lowest BCUT2D eigenvalue weighted by Gasteiger charge is -2.22. The van der Waals surface area contributed by atoms with Gasteiger partial charge in [-0.05, 0) is 27.7 Å². The Labute approximate surface area is 139 Å². The Morgan fingerprint density at radius 2 is 1.78 bits per heavy atom. The van der Waals surface area contributed by atoms with E-state index in [2.05, 4.69) is 5.32 Å². The number of esters is 1. The smallest absolute Gasteiger partial charge is 0.408 e. The first kappa shape index (κ1) is 21.2. The number of carboxylic acids is 1. The number of hydrogen-bond donors (Lipinski definition) is 2. The molecule has 0 spiro atoms. The van der Waals surface area contributed by atoms with Crippen LogP contribution in [0.5, 0.6) is 0 Å². The van der Waals surface area contributed by atoms with Crippen LogP contribution in [0.1, 0.15) is 40.5 Å². The molecule has 0 aromatic rings. The summed E-state index contributed by atoms with van der Waals surface area (Å²) in [5.74, 6) is -1.82. The lowest BCUT2D eigenvalue weighted by atomic mass is 10.2. The Morgan fingerprint density at radius 1 is 1.17 bits per heavy atom. The first-order valence-electron chi connectivity index (χ1n) is 7.08. The van der Waals surface area contributed by atoms with E-state index in [0.717, 1.165) is 11.8 Å². The summed E-state index contributed by atoms with van der Waals surface area (Å²) in [6.45, 7) is 6.78. The lowest BCUT2D eigenvalue weighted by molar-refractivity contribution is -0.145. The van der Waals surface area contributed by atoms with Crippen molar-refractivity contribution in [2.75, 3.05) is 12.4 Å². The fourth-order valence-corrected chi connectivity index (χ4v) is 2.14. The van der Waals surface area contributed by atoms with Gasteiger partial charge in [-0.1, -0.05) is 11.8 Å². The molecule has 8 nitrogen and oxygen atoms in total. The average Bonchev–Trinajstić information content (AvgIpc) is 2.39. The molecule has 132 valence electrons. The van der Waals surface area contributed by atoms with E-state index in [1.54, 1.807) is 27.7 Å². The van der Waals surface area contributed by atoms with Crippen molar-refractivity contribution in [2.45, 2.75) is 52.2 Å². The molecule has 0 fully saturated rings. The molecular formula is C14H23NO7S. The normalized spacial score (nSPS) is 12.2. The largest absolute Gasteiger partial charge is 0.481 e. The molecular weight excluding hydrogens is 326 g/mol. The average molecular weight is 349 g/mol. The summed E-state index contributed by atoms with van der Waals surface area (Å²) in [6, 6.07) is -1.05. The molecule has 0 aromatic heterocycles. The number of carbonyl (C=O) groups is 4. The van der Waals surface area contributed by atoms with Crippen LogP contribution in [-0.2, 0) is 23.9 Å². The maximum atomic E-state index is 11.8. The van der Waals surface area contributed by atoms with E-state index in [0.29, 0.717) is 0 Å². The van der Waals surface area contributed by atoms with Gasteiger partial charge in [-0.15, -0.1) is 0 Å². The van der Waals surface area contributed by atoms with Gasteiger partial charge in [0.15, 0.2) is 5.12 Å². The van der Waals surface area contributed by atoms with E-state index in [1.165, 1.54) is 0 Å². The standard InChI is InChI=1S/C14H23NO7S/c1-5-21-12(19)9(15-13(20)22-14(2,3)4)8-23-11(18)7-6-10(16)17/h9H,5-8H2,1-4H3,(H,15,20)(H,16,17)/t9-/m0/s1. The van der Waals surface area contributed by atoms with Crippen molar-refractivity contribution < 1.29 is 33.8 Å². The van der Waals surface area contributed by atoms with Crippen LogP contribution < -0.4 is 5.32 Å². The van der Waals surface area contributed by atoms with Crippen molar-refractivity contribution in [3.63, 3.8) is 0 Å². The first-order chi connectivity index (χ1) is 10.5. The van der Waals surface area contributed by atoms with E-state index < -0.39 is 29.7 Å². The second-order valence-electron chi connectivity index (χ2n) is 5.53. The number of alkyl carbamates (subject to hydrolysis) is 1. The van der Waals surface area contributed by atoms with Gasteiger partial charge in [-0.2, -0.15) is 0 Å².